The van der Waals surface area contributed by atoms with Crippen LogP contribution < -0.4 is 0 Å². The maximum absolute atomic E-state index is 6.18. The topological polar surface area (TPSA) is 25.8 Å². The molecular formula is C14H14BrClN2. The van der Waals surface area contributed by atoms with Crippen LogP contribution in [0.3, 0.4) is 0 Å². The number of hydrogen-bond donors (Lipinski definition) is 0. The highest BCUT2D eigenvalue weighted by Crippen LogP contribution is 2.33. The lowest BCUT2D eigenvalue weighted by Crippen LogP contribution is -2.16. The van der Waals surface area contributed by atoms with Gasteiger partial charge in [0.2, 0.25) is 0 Å². The Kier molecular flexibility index (Phi) is 3.74. The Hall–Kier alpha value is -0.930. The summed E-state index contributed by atoms with van der Waals surface area (Å²) in [5, 5.41) is 0.453. The van der Waals surface area contributed by atoms with E-state index >= 15 is 0 Å². The maximum atomic E-state index is 6.18. The molecule has 1 aromatic carbocycles. The van der Waals surface area contributed by atoms with Gasteiger partial charge in [0.25, 0.3) is 0 Å². The number of rotatable bonds is 1. The highest BCUT2D eigenvalue weighted by molar-refractivity contribution is 9.10. The molecule has 0 aliphatic heterocycles. The smallest absolute Gasteiger partial charge is 0.147 e. The largest absolute Gasteiger partial charge is 0.231 e. The molecule has 0 aliphatic carbocycles. The molecular weight excluding hydrogens is 312 g/mol. The Labute approximate surface area is 121 Å². The molecule has 94 valence electrons. The van der Waals surface area contributed by atoms with Crippen LogP contribution in [0.1, 0.15) is 26.6 Å². The van der Waals surface area contributed by atoms with Crippen LogP contribution in [-0.2, 0) is 5.41 Å². The first-order chi connectivity index (χ1) is 8.39. The molecule has 0 aliphatic rings. The molecule has 4 heteroatoms. The molecule has 0 spiro atoms. The van der Waals surface area contributed by atoms with E-state index in [0.717, 1.165) is 21.6 Å². The number of hydrogen-bond acceptors (Lipinski definition) is 2. The van der Waals surface area contributed by atoms with Crippen LogP contribution in [0.2, 0.25) is 5.15 Å². The van der Waals surface area contributed by atoms with Gasteiger partial charge >= 0.3 is 0 Å². The van der Waals surface area contributed by atoms with Crippen LogP contribution in [0.25, 0.3) is 11.3 Å². The van der Waals surface area contributed by atoms with Gasteiger partial charge in [0.05, 0.1) is 10.2 Å². The zero-order valence-electron chi connectivity index (χ0n) is 10.5. The minimum absolute atomic E-state index is 0.131. The summed E-state index contributed by atoms with van der Waals surface area (Å²) in [4.78, 5) is 8.97. The molecule has 1 heterocycles. The second-order valence-electron chi connectivity index (χ2n) is 5.12. The van der Waals surface area contributed by atoms with Gasteiger partial charge < -0.3 is 0 Å². The first kappa shape index (κ1) is 13.5. The Bertz CT molecular complexity index is 562. The molecule has 0 unspecified atom stereocenters. The summed E-state index contributed by atoms with van der Waals surface area (Å²) in [6.07, 6.45) is 0. The van der Waals surface area contributed by atoms with Crippen molar-refractivity contribution >= 4 is 27.5 Å². The van der Waals surface area contributed by atoms with Crippen LogP contribution in [0.5, 0.6) is 0 Å². The molecule has 1 aromatic heterocycles. The van der Waals surface area contributed by atoms with Crippen molar-refractivity contribution in [2.75, 3.05) is 0 Å². The summed E-state index contributed by atoms with van der Waals surface area (Å²) in [7, 11) is 0. The Morgan fingerprint density at radius 3 is 2.22 bits per heavy atom. The quantitative estimate of drug-likeness (QED) is 0.700. The van der Waals surface area contributed by atoms with Crippen LogP contribution >= 0.6 is 27.5 Å². The number of halogens is 2. The monoisotopic (exact) mass is 324 g/mol. The second-order valence-corrected chi connectivity index (χ2v) is 6.27. The van der Waals surface area contributed by atoms with E-state index in [9.17, 15) is 0 Å². The zero-order chi connectivity index (χ0) is 13.3. The van der Waals surface area contributed by atoms with Crippen molar-refractivity contribution in [3.05, 3.63) is 45.8 Å². The fourth-order valence-corrected chi connectivity index (χ4v) is 2.12. The fourth-order valence-electron chi connectivity index (χ4n) is 1.54. The number of benzene rings is 1. The van der Waals surface area contributed by atoms with Crippen molar-refractivity contribution in [2.24, 2.45) is 0 Å². The molecule has 18 heavy (non-hydrogen) atoms. The lowest BCUT2D eigenvalue weighted by Gasteiger charge is -2.18. The molecule has 0 N–H and O–H groups in total. The minimum Gasteiger partial charge on any atom is -0.231 e. The van der Waals surface area contributed by atoms with E-state index in [0.29, 0.717) is 5.15 Å². The van der Waals surface area contributed by atoms with E-state index in [4.69, 9.17) is 11.6 Å². The number of nitrogens with zero attached hydrogens (tertiary/aromatic N) is 2. The second kappa shape index (κ2) is 4.98. The highest BCUT2D eigenvalue weighted by atomic mass is 79.9. The summed E-state index contributed by atoms with van der Waals surface area (Å²) in [5.41, 5.74) is 1.73. The van der Waals surface area contributed by atoms with Crippen molar-refractivity contribution < 1.29 is 0 Å². The van der Waals surface area contributed by atoms with E-state index in [2.05, 4.69) is 46.7 Å². The van der Waals surface area contributed by atoms with Crippen molar-refractivity contribution in [2.45, 2.75) is 26.2 Å². The fraction of sp³-hybridized carbons (Fsp3) is 0.286. The third-order valence-electron chi connectivity index (χ3n) is 2.53. The molecule has 2 nitrogen and oxygen atoms in total. The van der Waals surface area contributed by atoms with Gasteiger partial charge in [0.1, 0.15) is 11.0 Å². The molecule has 0 atom stereocenters. The van der Waals surface area contributed by atoms with Gasteiger partial charge in [-0.05, 0) is 15.9 Å². The molecule has 0 saturated heterocycles. The summed E-state index contributed by atoms with van der Waals surface area (Å²) in [6.45, 7) is 6.21. The minimum atomic E-state index is -0.131. The van der Waals surface area contributed by atoms with Crippen molar-refractivity contribution in [1.82, 2.24) is 9.97 Å². The van der Waals surface area contributed by atoms with Crippen molar-refractivity contribution in [1.29, 1.82) is 0 Å². The predicted molar refractivity (Wildman–Crippen MR) is 78.9 cm³/mol. The molecule has 0 bridgehead atoms. The van der Waals surface area contributed by atoms with Gasteiger partial charge in [-0.2, -0.15) is 0 Å². The third-order valence-corrected chi connectivity index (χ3v) is 3.78. The van der Waals surface area contributed by atoms with Gasteiger partial charge in [-0.25, -0.2) is 9.97 Å². The number of aromatic nitrogens is 2. The van der Waals surface area contributed by atoms with E-state index in [1.54, 1.807) is 0 Å². The van der Waals surface area contributed by atoms with Crippen molar-refractivity contribution in [3.8, 4) is 11.3 Å². The SMILES string of the molecule is CC(C)(C)c1nc(Cl)c(Br)c(-c2ccccc2)n1. The van der Waals surface area contributed by atoms with E-state index in [1.807, 2.05) is 30.3 Å². The highest BCUT2D eigenvalue weighted by Gasteiger charge is 2.21. The van der Waals surface area contributed by atoms with Gasteiger partial charge in [-0.1, -0.05) is 62.7 Å². The summed E-state index contributed by atoms with van der Waals surface area (Å²) in [5.74, 6) is 0.745. The van der Waals surface area contributed by atoms with Crippen LogP contribution in [0.4, 0.5) is 0 Å². The van der Waals surface area contributed by atoms with Crippen molar-refractivity contribution in [3.63, 3.8) is 0 Å². The van der Waals surface area contributed by atoms with E-state index in [-0.39, 0.29) is 5.41 Å². The maximum Gasteiger partial charge on any atom is 0.147 e. The standard InChI is InChI=1S/C14H14BrClN2/c1-14(2,3)13-17-11(10(15)12(16)18-13)9-7-5-4-6-8-9/h4-8H,1-3H3. The molecule has 0 fully saturated rings. The van der Waals surface area contributed by atoms with Gasteiger partial charge in [0.15, 0.2) is 0 Å². The lowest BCUT2D eigenvalue weighted by molar-refractivity contribution is 0.545. The molecule has 2 rings (SSSR count). The summed E-state index contributed by atoms with van der Waals surface area (Å²) >= 11 is 9.64. The summed E-state index contributed by atoms with van der Waals surface area (Å²) in [6, 6.07) is 9.96. The van der Waals surface area contributed by atoms with Crippen LogP contribution in [0, 0.1) is 0 Å². The van der Waals surface area contributed by atoms with Crippen LogP contribution in [-0.4, -0.2) is 9.97 Å². The van der Waals surface area contributed by atoms with Gasteiger partial charge in [-0.3, -0.25) is 0 Å². The molecule has 0 saturated carbocycles. The van der Waals surface area contributed by atoms with Gasteiger partial charge in [-0.15, -0.1) is 0 Å². The Morgan fingerprint density at radius 2 is 1.67 bits per heavy atom. The summed E-state index contributed by atoms with van der Waals surface area (Å²) < 4.78 is 0.739. The Morgan fingerprint density at radius 1 is 1.06 bits per heavy atom. The third kappa shape index (κ3) is 2.73. The van der Waals surface area contributed by atoms with E-state index < -0.39 is 0 Å². The first-order valence-electron chi connectivity index (χ1n) is 5.68. The van der Waals surface area contributed by atoms with Crippen LogP contribution in [0.15, 0.2) is 34.8 Å². The molecule has 0 amide bonds. The predicted octanol–water partition coefficient (Wildman–Crippen LogP) is 4.86. The zero-order valence-corrected chi connectivity index (χ0v) is 12.9. The first-order valence-corrected chi connectivity index (χ1v) is 6.85. The Balaban J connectivity index is 2.64. The normalized spacial score (nSPS) is 11.6. The lowest BCUT2D eigenvalue weighted by atomic mass is 9.95. The average Bonchev–Trinajstić information content (AvgIpc) is 2.32. The van der Waals surface area contributed by atoms with Gasteiger partial charge in [0, 0.05) is 11.0 Å². The molecule has 0 radical (unpaired) electrons. The average molecular weight is 326 g/mol. The molecule has 2 aromatic rings. The van der Waals surface area contributed by atoms with E-state index in [1.165, 1.54) is 0 Å².